The number of carbonyl (C=O) groups excluding carboxylic acids is 1. The number of nitrogens with zero attached hydrogens (tertiary/aromatic N) is 1. The van der Waals surface area contributed by atoms with E-state index in [0.717, 1.165) is 60.6 Å². The lowest BCUT2D eigenvalue weighted by atomic mass is 9.88. The Kier molecular flexibility index (Phi) is 7.53. The van der Waals surface area contributed by atoms with Gasteiger partial charge in [0.2, 0.25) is 5.91 Å². The topological polar surface area (TPSA) is 57.6 Å². The largest absolute Gasteiger partial charge is 0.478 e. The molecule has 1 aliphatic carbocycles. The number of halogens is 1. The maximum absolute atomic E-state index is 14.2. The Morgan fingerprint density at radius 3 is 2.38 bits per heavy atom. The minimum absolute atomic E-state index is 0.00958. The molecule has 0 aromatic heterocycles. The fourth-order valence-electron chi connectivity index (χ4n) is 4.50. The molecule has 1 saturated carbocycles. The molecule has 0 aliphatic heterocycles. The zero-order chi connectivity index (χ0) is 23.9. The van der Waals surface area contributed by atoms with Gasteiger partial charge in [0.25, 0.3) is 0 Å². The Balaban J connectivity index is 1.62. The van der Waals surface area contributed by atoms with Crippen LogP contribution < -0.4 is 4.90 Å². The van der Waals surface area contributed by atoms with Crippen LogP contribution in [-0.4, -0.2) is 17.0 Å². The van der Waals surface area contributed by atoms with Crippen molar-refractivity contribution < 1.29 is 19.1 Å². The van der Waals surface area contributed by atoms with Crippen LogP contribution in [0.5, 0.6) is 0 Å². The number of anilines is 1. The molecule has 3 aromatic rings. The van der Waals surface area contributed by atoms with Gasteiger partial charge in [0, 0.05) is 23.2 Å². The lowest BCUT2D eigenvalue weighted by molar-refractivity contribution is -0.131. The molecule has 0 atom stereocenters. The zero-order valence-electron chi connectivity index (χ0n) is 19.0. The van der Waals surface area contributed by atoms with Crippen LogP contribution in [0.3, 0.4) is 0 Å². The van der Waals surface area contributed by atoms with E-state index < -0.39 is 5.97 Å². The minimum Gasteiger partial charge on any atom is -0.478 e. The van der Waals surface area contributed by atoms with E-state index in [-0.39, 0.29) is 17.6 Å². The van der Waals surface area contributed by atoms with E-state index in [4.69, 9.17) is 5.11 Å². The molecule has 34 heavy (non-hydrogen) atoms. The summed E-state index contributed by atoms with van der Waals surface area (Å²) in [5.74, 6) is -1.20. The summed E-state index contributed by atoms with van der Waals surface area (Å²) in [6, 6.07) is 21.7. The molecule has 0 heterocycles. The standard InChI is InChI=1S/C29H28FNO3/c30-27-12-5-4-11-26(27)23-16-13-22(14-17-23)20-31(29(34)24-8-2-1-3-9-24)25-10-6-7-21(19-25)15-18-28(32)33/h4-7,10-19,24H,1-3,8-9,20H2,(H,32,33). The Bertz CT molecular complexity index is 1180. The molecule has 0 bridgehead atoms. The number of benzene rings is 3. The van der Waals surface area contributed by atoms with Crippen LogP contribution in [0.4, 0.5) is 10.1 Å². The highest BCUT2D eigenvalue weighted by molar-refractivity contribution is 5.95. The molecule has 174 valence electrons. The van der Waals surface area contributed by atoms with Crippen LogP contribution in [0.1, 0.15) is 43.2 Å². The van der Waals surface area contributed by atoms with Crippen LogP contribution in [-0.2, 0) is 16.1 Å². The lowest BCUT2D eigenvalue weighted by Gasteiger charge is -2.30. The second kappa shape index (κ2) is 10.9. The zero-order valence-corrected chi connectivity index (χ0v) is 19.0. The van der Waals surface area contributed by atoms with E-state index in [1.165, 1.54) is 12.1 Å². The highest BCUT2D eigenvalue weighted by atomic mass is 19.1. The Labute approximate surface area is 199 Å². The Morgan fingerprint density at radius 1 is 0.941 bits per heavy atom. The lowest BCUT2D eigenvalue weighted by Crippen LogP contribution is -2.36. The fraction of sp³-hybridized carbons (Fsp3) is 0.241. The van der Waals surface area contributed by atoms with E-state index in [0.29, 0.717) is 12.1 Å². The van der Waals surface area contributed by atoms with Crippen molar-refractivity contribution in [3.63, 3.8) is 0 Å². The van der Waals surface area contributed by atoms with Crippen molar-refractivity contribution in [2.24, 2.45) is 5.92 Å². The minimum atomic E-state index is -1.02. The molecule has 3 aromatic carbocycles. The first kappa shape index (κ1) is 23.4. The molecule has 4 nitrogen and oxygen atoms in total. The number of carboxylic acids is 1. The van der Waals surface area contributed by atoms with Crippen molar-refractivity contribution in [2.75, 3.05) is 4.90 Å². The second-order valence-corrected chi connectivity index (χ2v) is 8.70. The molecular weight excluding hydrogens is 429 g/mol. The summed E-state index contributed by atoms with van der Waals surface area (Å²) in [7, 11) is 0. The van der Waals surface area contributed by atoms with Gasteiger partial charge in [-0.2, -0.15) is 0 Å². The average Bonchev–Trinajstić information content (AvgIpc) is 2.87. The molecular formula is C29H28FNO3. The number of aliphatic carboxylic acids is 1. The molecule has 1 aliphatic rings. The van der Waals surface area contributed by atoms with E-state index in [9.17, 15) is 14.0 Å². The van der Waals surface area contributed by atoms with Crippen molar-refractivity contribution >= 4 is 23.6 Å². The van der Waals surface area contributed by atoms with Crippen molar-refractivity contribution in [1.29, 1.82) is 0 Å². The molecule has 1 amide bonds. The van der Waals surface area contributed by atoms with Crippen molar-refractivity contribution in [1.82, 2.24) is 0 Å². The first-order chi connectivity index (χ1) is 16.5. The highest BCUT2D eigenvalue weighted by Gasteiger charge is 2.27. The van der Waals surface area contributed by atoms with Gasteiger partial charge in [-0.05, 0) is 53.8 Å². The van der Waals surface area contributed by atoms with Gasteiger partial charge >= 0.3 is 5.97 Å². The smallest absolute Gasteiger partial charge is 0.328 e. The normalized spacial score (nSPS) is 14.3. The third-order valence-electron chi connectivity index (χ3n) is 6.30. The SMILES string of the molecule is O=C(O)C=Cc1cccc(N(Cc2ccc(-c3ccccc3F)cc2)C(=O)C2CCCCC2)c1. The van der Waals surface area contributed by atoms with E-state index >= 15 is 0 Å². The van der Waals surface area contributed by atoms with Gasteiger partial charge in [-0.3, -0.25) is 4.79 Å². The molecule has 0 radical (unpaired) electrons. The van der Waals surface area contributed by atoms with Crippen LogP contribution in [0.25, 0.3) is 17.2 Å². The summed E-state index contributed by atoms with van der Waals surface area (Å²) < 4.78 is 14.2. The monoisotopic (exact) mass is 457 g/mol. The van der Waals surface area contributed by atoms with E-state index in [1.54, 1.807) is 17.0 Å². The van der Waals surface area contributed by atoms with Gasteiger partial charge < -0.3 is 10.0 Å². The maximum Gasteiger partial charge on any atom is 0.328 e. The molecule has 0 unspecified atom stereocenters. The third kappa shape index (κ3) is 5.79. The Morgan fingerprint density at radius 2 is 1.68 bits per heavy atom. The predicted octanol–water partition coefficient (Wildman–Crippen LogP) is 6.70. The van der Waals surface area contributed by atoms with Gasteiger partial charge in [-0.1, -0.05) is 73.9 Å². The summed E-state index contributed by atoms with van der Waals surface area (Å²) in [4.78, 5) is 26.3. The van der Waals surface area contributed by atoms with Gasteiger partial charge in [0.15, 0.2) is 0 Å². The number of rotatable bonds is 7. The van der Waals surface area contributed by atoms with Crippen LogP contribution >= 0.6 is 0 Å². The van der Waals surface area contributed by atoms with Crippen LogP contribution in [0, 0.1) is 11.7 Å². The third-order valence-corrected chi connectivity index (χ3v) is 6.30. The molecule has 1 fully saturated rings. The average molecular weight is 458 g/mol. The highest BCUT2D eigenvalue weighted by Crippen LogP contribution is 2.30. The number of amides is 1. The van der Waals surface area contributed by atoms with Crippen LogP contribution in [0.2, 0.25) is 0 Å². The fourth-order valence-corrected chi connectivity index (χ4v) is 4.50. The first-order valence-corrected chi connectivity index (χ1v) is 11.7. The van der Waals surface area contributed by atoms with Crippen molar-refractivity contribution in [3.05, 3.63) is 95.8 Å². The quantitative estimate of drug-likeness (QED) is 0.402. The number of carbonyl (C=O) groups is 2. The second-order valence-electron chi connectivity index (χ2n) is 8.70. The Hall–Kier alpha value is -3.73. The summed E-state index contributed by atoms with van der Waals surface area (Å²) in [6.45, 7) is 0.388. The molecule has 5 heteroatoms. The van der Waals surface area contributed by atoms with Crippen molar-refractivity contribution in [3.8, 4) is 11.1 Å². The summed E-state index contributed by atoms with van der Waals surface area (Å²) in [5.41, 5.74) is 3.73. The number of hydrogen-bond donors (Lipinski definition) is 1. The summed E-state index contributed by atoms with van der Waals surface area (Å²) in [6.07, 6.45) is 7.68. The molecule has 0 spiro atoms. The summed E-state index contributed by atoms with van der Waals surface area (Å²) in [5, 5.41) is 8.95. The molecule has 0 saturated heterocycles. The van der Waals surface area contributed by atoms with E-state index in [2.05, 4.69) is 0 Å². The maximum atomic E-state index is 14.2. The molecule has 4 rings (SSSR count). The van der Waals surface area contributed by atoms with Gasteiger partial charge in [0.05, 0.1) is 6.54 Å². The first-order valence-electron chi connectivity index (χ1n) is 11.7. The van der Waals surface area contributed by atoms with Gasteiger partial charge in [-0.25, -0.2) is 9.18 Å². The van der Waals surface area contributed by atoms with Gasteiger partial charge in [-0.15, -0.1) is 0 Å². The number of hydrogen-bond acceptors (Lipinski definition) is 2. The van der Waals surface area contributed by atoms with Crippen LogP contribution in [0.15, 0.2) is 78.9 Å². The van der Waals surface area contributed by atoms with Gasteiger partial charge in [0.1, 0.15) is 5.82 Å². The number of carboxylic acid groups (broad SMARTS) is 1. The summed E-state index contributed by atoms with van der Waals surface area (Å²) >= 11 is 0. The van der Waals surface area contributed by atoms with E-state index in [1.807, 2.05) is 54.6 Å². The van der Waals surface area contributed by atoms with Crippen molar-refractivity contribution in [2.45, 2.75) is 38.6 Å². The predicted molar refractivity (Wildman–Crippen MR) is 133 cm³/mol. The molecule has 1 N–H and O–H groups in total.